The molecule has 1 N–H and O–H groups in total. The van der Waals surface area contributed by atoms with Crippen LogP contribution in [0.15, 0.2) is 0 Å². The minimum absolute atomic E-state index is 0.0859. The van der Waals surface area contributed by atoms with Crippen molar-refractivity contribution >= 4 is 11.8 Å². The van der Waals surface area contributed by atoms with Crippen molar-refractivity contribution in [2.45, 2.75) is 57.9 Å². The van der Waals surface area contributed by atoms with E-state index in [1.807, 2.05) is 4.90 Å². The van der Waals surface area contributed by atoms with Gasteiger partial charge in [0.25, 0.3) is 0 Å². The molecule has 1 saturated heterocycles. The Balaban J connectivity index is 2.01. The van der Waals surface area contributed by atoms with Gasteiger partial charge in [0.1, 0.15) is 6.04 Å². The predicted molar refractivity (Wildman–Crippen MR) is 70.0 cm³/mol. The molecule has 0 radical (unpaired) electrons. The average Bonchev–Trinajstić information content (AvgIpc) is 2.89. The highest BCUT2D eigenvalue weighted by molar-refractivity contribution is 5.87. The molecule has 2 rings (SSSR count). The maximum absolute atomic E-state index is 12.5. The smallest absolute Gasteiger partial charge is 0.245 e. The fourth-order valence-electron chi connectivity index (χ4n) is 3.20. The van der Waals surface area contributed by atoms with Gasteiger partial charge in [-0.1, -0.05) is 12.8 Å². The van der Waals surface area contributed by atoms with E-state index in [9.17, 15) is 9.59 Å². The third-order valence-corrected chi connectivity index (χ3v) is 4.16. The third kappa shape index (κ3) is 3.24. The molecular weight excluding hydrogens is 228 g/mol. The van der Waals surface area contributed by atoms with Gasteiger partial charge in [0, 0.05) is 20.0 Å². The van der Waals surface area contributed by atoms with Gasteiger partial charge in [-0.2, -0.15) is 0 Å². The van der Waals surface area contributed by atoms with Gasteiger partial charge in [0.2, 0.25) is 11.8 Å². The van der Waals surface area contributed by atoms with Crippen molar-refractivity contribution in [1.82, 2.24) is 10.2 Å². The molecule has 1 saturated carbocycles. The molecule has 1 unspecified atom stereocenters. The van der Waals surface area contributed by atoms with E-state index < -0.39 is 0 Å². The topological polar surface area (TPSA) is 49.4 Å². The molecule has 0 spiro atoms. The van der Waals surface area contributed by atoms with Crippen molar-refractivity contribution in [3.8, 4) is 0 Å². The molecule has 1 aliphatic carbocycles. The predicted octanol–water partition coefficient (Wildman–Crippen LogP) is 1.69. The monoisotopic (exact) mass is 252 g/mol. The first-order valence-corrected chi connectivity index (χ1v) is 7.24. The Kier molecular flexibility index (Phi) is 4.61. The minimum Gasteiger partial charge on any atom is -0.344 e. The quantitative estimate of drug-likeness (QED) is 0.831. The molecule has 4 heteroatoms. The normalized spacial score (nSPS) is 22.8. The second-order valence-corrected chi connectivity index (χ2v) is 5.61. The minimum atomic E-state index is -0.275. The summed E-state index contributed by atoms with van der Waals surface area (Å²) in [5.74, 6) is 0.414. The average molecular weight is 252 g/mol. The molecule has 1 aliphatic heterocycles. The summed E-state index contributed by atoms with van der Waals surface area (Å²) in [6.45, 7) is 3.23. The zero-order chi connectivity index (χ0) is 13.0. The summed E-state index contributed by atoms with van der Waals surface area (Å²) >= 11 is 0. The van der Waals surface area contributed by atoms with Crippen LogP contribution in [-0.4, -0.2) is 35.8 Å². The van der Waals surface area contributed by atoms with Crippen molar-refractivity contribution in [1.29, 1.82) is 0 Å². The number of piperidine rings is 1. The van der Waals surface area contributed by atoms with Gasteiger partial charge < -0.3 is 10.2 Å². The zero-order valence-corrected chi connectivity index (χ0v) is 11.3. The molecule has 0 bridgehead atoms. The highest BCUT2D eigenvalue weighted by atomic mass is 16.2. The van der Waals surface area contributed by atoms with E-state index in [0.29, 0.717) is 5.92 Å². The Hall–Kier alpha value is -1.06. The molecule has 18 heavy (non-hydrogen) atoms. The van der Waals surface area contributed by atoms with Gasteiger partial charge in [-0.15, -0.1) is 0 Å². The number of amides is 2. The van der Waals surface area contributed by atoms with Gasteiger partial charge >= 0.3 is 0 Å². The molecule has 0 aromatic rings. The molecule has 4 nitrogen and oxygen atoms in total. The molecule has 1 heterocycles. The van der Waals surface area contributed by atoms with E-state index >= 15 is 0 Å². The Bertz CT molecular complexity index is 305. The van der Waals surface area contributed by atoms with E-state index in [0.717, 1.165) is 38.8 Å². The number of carbonyl (C=O) groups is 2. The standard InChI is InChI=1S/C14H24N2O2/c1-11(17)15-13(12-7-3-4-8-12)14(18)16-9-5-2-6-10-16/h12-13H,2-10H2,1H3,(H,15,17). The number of nitrogens with zero attached hydrogens (tertiary/aromatic N) is 1. The van der Waals surface area contributed by atoms with Gasteiger partial charge in [0.15, 0.2) is 0 Å². The van der Waals surface area contributed by atoms with Crippen LogP contribution < -0.4 is 5.32 Å². The summed E-state index contributed by atoms with van der Waals surface area (Å²) in [7, 11) is 0. The van der Waals surface area contributed by atoms with E-state index in [1.165, 1.54) is 26.2 Å². The summed E-state index contributed by atoms with van der Waals surface area (Å²) in [5.41, 5.74) is 0. The third-order valence-electron chi connectivity index (χ3n) is 4.16. The second kappa shape index (κ2) is 6.21. The van der Waals surface area contributed by atoms with Crippen LogP contribution in [0.2, 0.25) is 0 Å². The summed E-state index contributed by atoms with van der Waals surface area (Å²) in [6, 6.07) is -0.275. The van der Waals surface area contributed by atoms with Crippen molar-refractivity contribution in [2.24, 2.45) is 5.92 Å². The van der Waals surface area contributed by atoms with Crippen LogP contribution in [0, 0.1) is 5.92 Å². The number of likely N-dealkylation sites (tertiary alicyclic amines) is 1. The van der Waals surface area contributed by atoms with Crippen molar-refractivity contribution in [2.75, 3.05) is 13.1 Å². The van der Waals surface area contributed by atoms with Crippen molar-refractivity contribution in [3.05, 3.63) is 0 Å². The van der Waals surface area contributed by atoms with Crippen LogP contribution in [0.5, 0.6) is 0 Å². The molecular formula is C14H24N2O2. The van der Waals surface area contributed by atoms with Crippen LogP contribution in [0.1, 0.15) is 51.9 Å². The van der Waals surface area contributed by atoms with Crippen LogP contribution >= 0.6 is 0 Å². The fraction of sp³-hybridized carbons (Fsp3) is 0.857. The summed E-state index contributed by atoms with van der Waals surface area (Å²) < 4.78 is 0. The van der Waals surface area contributed by atoms with Crippen LogP contribution in [0.4, 0.5) is 0 Å². The first-order valence-electron chi connectivity index (χ1n) is 7.24. The molecule has 1 atom stereocenters. The Morgan fingerprint density at radius 1 is 1.06 bits per heavy atom. The van der Waals surface area contributed by atoms with E-state index in [4.69, 9.17) is 0 Å². The number of rotatable bonds is 3. The number of carbonyl (C=O) groups excluding carboxylic acids is 2. The maximum Gasteiger partial charge on any atom is 0.245 e. The molecule has 2 amide bonds. The van der Waals surface area contributed by atoms with Gasteiger partial charge in [-0.25, -0.2) is 0 Å². The van der Waals surface area contributed by atoms with E-state index in [-0.39, 0.29) is 17.9 Å². The largest absolute Gasteiger partial charge is 0.344 e. The summed E-state index contributed by atoms with van der Waals surface area (Å²) in [6.07, 6.45) is 7.95. The molecule has 0 aromatic carbocycles. The van der Waals surface area contributed by atoms with E-state index in [1.54, 1.807) is 0 Å². The van der Waals surface area contributed by atoms with Crippen molar-refractivity contribution < 1.29 is 9.59 Å². The lowest BCUT2D eigenvalue weighted by molar-refractivity contribution is -0.138. The van der Waals surface area contributed by atoms with Crippen LogP contribution in [0.25, 0.3) is 0 Å². The summed E-state index contributed by atoms with van der Waals surface area (Å²) in [5, 5.41) is 2.89. The van der Waals surface area contributed by atoms with Gasteiger partial charge in [-0.05, 0) is 38.0 Å². The Morgan fingerprint density at radius 3 is 2.22 bits per heavy atom. The Morgan fingerprint density at radius 2 is 1.67 bits per heavy atom. The molecule has 2 aliphatic rings. The number of hydrogen-bond acceptors (Lipinski definition) is 2. The first kappa shape index (κ1) is 13.4. The zero-order valence-electron chi connectivity index (χ0n) is 11.3. The lowest BCUT2D eigenvalue weighted by Crippen LogP contribution is -2.52. The fourth-order valence-corrected chi connectivity index (χ4v) is 3.20. The number of hydrogen-bond donors (Lipinski definition) is 1. The number of nitrogens with one attached hydrogen (secondary N) is 1. The highest BCUT2D eigenvalue weighted by Crippen LogP contribution is 2.29. The lowest BCUT2D eigenvalue weighted by atomic mass is 9.96. The SMILES string of the molecule is CC(=O)NC(C(=O)N1CCCCC1)C1CCCC1. The lowest BCUT2D eigenvalue weighted by Gasteiger charge is -2.33. The molecule has 102 valence electrons. The van der Waals surface area contributed by atoms with E-state index in [2.05, 4.69) is 5.32 Å². The van der Waals surface area contributed by atoms with Gasteiger partial charge in [0.05, 0.1) is 0 Å². The maximum atomic E-state index is 12.5. The second-order valence-electron chi connectivity index (χ2n) is 5.61. The summed E-state index contributed by atoms with van der Waals surface area (Å²) in [4.78, 5) is 25.8. The van der Waals surface area contributed by atoms with Crippen LogP contribution in [-0.2, 0) is 9.59 Å². The van der Waals surface area contributed by atoms with Crippen LogP contribution in [0.3, 0.4) is 0 Å². The molecule has 2 fully saturated rings. The highest BCUT2D eigenvalue weighted by Gasteiger charge is 2.34. The Labute approximate surface area is 109 Å². The first-order chi connectivity index (χ1) is 8.68. The van der Waals surface area contributed by atoms with Crippen molar-refractivity contribution in [3.63, 3.8) is 0 Å². The molecule has 0 aromatic heterocycles. The van der Waals surface area contributed by atoms with Gasteiger partial charge in [-0.3, -0.25) is 9.59 Å².